The summed E-state index contributed by atoms with van der Waals surface area (Å²) in [6.45, 7) is 0. The van der Waals surface area contributed by atoms with Crippen molar-refractivity contribution in [3.8, 4) is 17.1 Å². The van der Waals surface area contributed by atoms with Gasteiger partial charge in [0.15, 0.2) is 0 Å². The van der Waals surface area contributed by atoms with E-state index in [1.54, 1.807) is 6.20 Å². The van der Waals surface area contributed by atoms with Crippen molar-refractivity contribution in [1.82, 2.24) is 9.97 Å². The number of aromatic amines is 1. The molecule has 3 rings (SSSR count). The lowest BCUT2D eigenvalue weighted by Crippen LogP contribution is -2.08. The van der Waals surface area contributed by atoms with E-state index in [-0.39, 0.29) is 17.1 Å². The molecule has 20 heavy (non-hydrogen) atoms. The fourth-order valence-corrected chi connectivity index (χ4v) is 2.17. The van der Waals surface area contributed by atoms with Gasteiger partial charge in [-0.3, -0.25) is 0 Å². The van der Waals surface area contributed by atoms with E-state index >= 15 is 0 Å². The Kier molecular flexibility index (Phi) is 2.96. The Morgan fingerprint density at radius 3 is 2.65 bits per heavy atom. The third-order valence-electron chi connectivity index (χ3n) is 3.40. The van der Waals surface area contributed by atoms with Crippen LogP contribution in [0.15, 0.2) is 24.4 Å². The summed E-state index contributed by atoms with van der Waals surface area (Å²) in [5.41, 5.74) is 0.211. The number of imidazole rings is 1. The molecule has 0 atom stereocenters. The number of ether oxygens (including phenoxy) is 1. The number of hydrogen-bond acceptors (Lipinski definition) is 2. The normalized spacial score (nSPS) is 15.4. The van der Waals surface area contributed by atoms with Crippen LogP contribution in [0.25, 0.3) is 11.4 Å². The summed E-state index contributed by atoms with van der Waals surface area (Å²) < 4.78 is 44.3. The third kappa shape index (κ3) is 2.37. The van der Waals surface area contributed by atoms with Crippen LogP contribution in [0, 0.1) is 0 Å². The van der Waals surface area contributed by atoms with Crippen molar-refractivity contribution in [2.75, 3.05) is 7.11 Å². The van der Waals surface area contributed by atoms with Gasteiger partial charge < -0.3 is 9.72 Å². The summed E-state index contributed by atoms with van der Waals surface area (Å²) in [4.78, 5) is 7.07. The topological polar surface area (TPSA) is 37.9 Å². The van der Waals surface area contributed by atoms with Crippen molar-refractivity contribution in [3.05, 3.63) is 35.7 Å². The highest BCUT2D eigenvalue weighted by Gasteiger charge is 2.35. The number of nitrogens with one attached hydrogen (secondary N) is 1. The van der Waals surface area contributed by atoms with E-state index in [2.05, 4.69) is 9.97 Å². The summed E-state index contributed by atoms with van der Waals surface area (Å²) in [6.07, 6.45) is -0.694. The maximum absolute atomic E-state index is 13.1. The molecular weight excluding hydrogens is 269 g/mol. The molecular formula is C14H13F3N2O. The molecule has 106 valence electrons. The first kappa shape index (κ1) is 13.0. The second-order valence-electron chi connectivity index (χ2n) is 4.87. The standard InChI is InChI=1S/C14H13F3N2O/c1-20-9-4-5-10(11(6-9)14(15,16)17)13-18-7-12(19-13)8-2-3-8/h4-8H,2-3H2,1H3,(H,18,19). The molecule has 1 aromatic carbocycles. The number of hydrogen-bond donors (Lipinski definition) is 1. The molecule has 0 unspecified atom stereocenters. The van der Waals surface area contributed by atoms with Gasteiger partial charge in [0.05, 0.1) is 12.7 Å². The molecule has 1 aliphatic carbocycles. The fraction of sp³-hybridized carbons (Fsp3) is 0.357. The van der Waals surface area contributed by atoms with Crippen molar-refractivity contribution in [2.24, 2.45) is 0 Å². The number of nitrogens with zero attached hydrogens (tertiary/aromatic N) is 1. The summed E-state index contributed by atoms with van der Waals surface area (Å²) in [6, 6.07) is 3.88. The van der Waals surface area contributed by atoms with E-state index in [0.717, 1.165) is 24.6 Å². The zero-order valence-electron chi connectivity index (χ0n) is 10.8. The average Bonchev–Trinajstić information content (AvgIpc) is 3.15. The smallest absolute Gasteiger partial charge is 0.417 e. The molecule has 0 saturated heterocycles. The van der Waals surface area contributed by atoms with Crippen molar-refractivity contribution < 1.29 is 17.9 Å². The highest BCUT2D eigenvalue weighted by molar-refractivity contribution is 5.63. The first-order chi connectivity index (χ1) is 9.49. The molecule has 2 aromatic rings. The number of benzene rings is 1. The third-order valence-corrected chi connectivity index (χ3v) is 3.40. The average molecular weight is 282 g/mol. The maximum Gasteiger partial charge on any atom is 0.417 e. The van der Waals surface area contributed by atoms with Gasteiger partial charge in [0.25, 0.3) is 0 Å². The van der Waals surface area contributed by atoms with E-state index in [9.17, 15) is 13.2 Å². The SMILES string of the molecule is COc1ccc(-c2ncc(C3CC3)[nH]2)c(C(F)(F)F)c1. The largest absolute Gasteiger partial charge is 0.497 e. The summed E-state index contributed by atoms with van der Waals surface area (Å²) in [7, 11) is 1.34. The summed E-state index contributed by atoms with van der Waals surface area (Å²) in [5.74, 6) is 0.848. The van der Waals surface area contributed by atoms with Gasteiger partial charge in [0, 0.05) is 23.4 Å². The van der Waals surface area contributed by atoms with Crippen molar-refractivity contribution in [3.63, 3.8) is 0 Å². The molecule has 3 nitrogen and oxygen atoms in total. The molecule has 1 saturated carbocycles. The van der Waals surface area contributed by atoms with Crippen LogP contribution in [0.3, 0.4) is 0 Å². The van der Waals surface area contributed by atoms with Crippen LogP contribution >= 0.6 is 0 Å². The van der Waals surface area contributed by atoms with Crippen molar-refractivity contribution in [2.45, 2.75) is 24.9 Å². The molecule has 1 aromatic heterocycles. The highest BCUT2D eigenvalue weighted by atomic mass is 19.4. The van der Waals surface area contributed by atoms with Crippen molar-refractivity contribution in [1.29, 1.82) is 0 Å². The van der Waals surface area contributed by atoms with Crippen LogP contribution < -0.4 is 4.74 Å². The van der Waals surface area contributed by atoms with E-state index < -0.39 is 11.7 Å². The lowest BCUT2D eigenvalue weighted by Gasteiger charge is -2.12. The van der Waals surface area contributed by atoms with E-state index in [1.165, 1.54) is 19.2 Å². The van der Waals surface area contributed by atoms with E-state index in [1.807, 2.05) is 0 Å². The Bertz CT molecular complexity index is 630. The monoisotopic (exact) mass is 282 g/mol. The minimum atomic E-state index is -4.45. The molecule has 0 bridgehead atoms. The second-order valence-corrected chi connectivity index (χ2v) is 4.87. The molecule has 0 aliphatic heterocycles. The molecule has 1 aliphatic rings. The van der Waals surface area contributed by atoms with Crippen LogP contribution in [0.1, 0.15) is 30.0 Å². The number of H-pyrrole nitrogens is 1. The predicted molar refractivity (Wildman–Crippen MR) is 67.6 cm³/mol. The highest BCUT2D eigenvalue weighted by Crippen LogP contribution is 2.41. The van der Waals surface area contributed by atoms with Crippen LogP contribution in [0.5, 0.6) is 5.75 Å². The van der Waals surface area contributed by atoms with Gasteiger partial charge in [-0.25, -0.2) is 4.98 Å². The van der Waals surface area contributed by atoms with Gasteiger partial charge in [-0.05, 0) is 31.0 Å². The molecule has 0 amide bonds. The molecule has 1 fully saturated rings. The van der Waals surface area contributed by atoms with Crippen LogP contribution in [-0.4, -0.2) is 17.1 Å². The number of methoxy groups -OCH3 is 1. The van der Waals surface area contributed by atoms with Crippen LogP contribution in [0.2, 0.25) is 0 Å². The molecule has 1 heterocycles. The Hall–Kier alpha value is -1.98. The second kappa shape index (κ2) is 4.54. The van der Waals surface area contributed by atoms with Gasteiger partial charge in [-0.15, -0.1) is 0 Å². The molecule has 1 N–H and O–H groups in total. The minimum absolute atomic E-state index is 0.0465. The number of aromatic nitrogens is 2. The number of halogens is 3. The van der Waals surface area contributed by atoms with E-state index in [4.69, 9.17) is 4.74 Å². The Labute approximate surface area is 113 Å². The Balaban J connectivity index is 2.06. The van der Waals surface area contributed by atoms with Crippen LogP contribution in [0.4, 0.5) is 13.2 Å². The van der Waals surface area contributed by atoms with E-state index in [0.29, 0.717) is 5.92 Å². The minimum Gasteiger partial charge on any atom is -0.497 e. The predicted octanol–water partition coefficient (Wildman–Crippen LogP) is 3.98. The first-order valence-corrected chi connectivity index (χ1v) is 6.29. The fourth-order valence-electron chi connectivity index (χ4n) is 2.17. The van der Waals surface area contributed by atoms with Gasteiger partial charge in [-0.1, -0.05) is 0 Å². The zero-order valence-corrected chi connectivity index (χ0v) is 10.8. The zero-order chi connectivity index (χ0) is 14.3. The summed E-state index contributed by atoms with van der Waals surface area (Å²) >= 11 is 0. The van der Waals surface area contributed by atoms with Gasteiger partial charge >= 0.3 is 6.18 Å². The molecule has 6 heteroatoms. The number of rotatable bonds is 3. The lowest BCUT2D eigenvalue weighted by atomic mass is 10.1. The maximum atomic E-state index is 13.1. The quantitative estimate of drug-likeness (QED) is 0.924. The first-order valence-electron chi connectivity index (χ1n) is 6.29. The summed E-state index contributed by atoms with van der Waals surface area (Å²) in [5, 5.41) is 0. The Morgan fingerprint density at radius 2 is 2.05 bits per heavy atom. The Morgan fingerprint density at radius 1 is 1.30 bits per heavy atom. The number of alkyl halides is 3. The van der Waals surface area contributed by atoms with Crippen LogP contribution in [-0.2, 0) is 6.18 Å². The molecule has 0 radical (unpaired) electrons. The molecule has 0 spiro atoms. The lowest BCUT2D eigenvalue weighted by molar-refractivity contribution is -0.137. The van der Waals surface area contributed by atoms with Gasteiger partial charge in [-0.2, -0.15) is 13.2 Å². The van der Waals surface area contributed by atoms with Crippen molar-refractivity contribution >= 4 is 0 Å². The van der Waals surface area contributed by atoms with Gasteiger partial charge in [0.2, 0.25) is 0 Å². The van der Waals surface area contributed by atoms with Gasteiger partial charge in [0.1, 0.15) is 11.6 Å².